The third kappa shape index (κ3) is 3.88. The maximum Gasteiger partial charge on any atom is 0.270 e. The minimum Gasteiger partial charge on any atom is -0.344 e. The average molecular weight is 286 g/mol. The highest BCUT2D eigenvalue weighted by molar-refractivity contribution is 5.92. The maximum absolute atomic E-state index is 13.0. The van der Waals surface area contributed by atoms with E-state index in [1.807, 2.05) is 26.8 Å². The molecule has 1 aromatic heterocycles. The summed E-state index contributed by atoms with van der Waals surface area (Å²) in [6.45, 7) is 5.87. The van der Waals surface area contributed by atoms with Crippen LogP contribution in [0.2, 0.25) is 0 Å². The Morgan fingerprint density at radius 2 is 1.81 bits per heavy atom. The number of halogens is 1. The zero-order chi connectivity index (χ0) is 15.4. The highest BCUT2D eigenvalue weighted by Crippen LogP contribution is 2.22. The topological polar surface area (TPSA) is 42.0 Å². The van der Waals surface area contributed by atoms with Crippen LogP contribution in [0, 0.1) is 18.7 Å². The van der Waals surface area contributed by atoms with Crippen LogP contribution >= 0.6 is 0 Å². The summed E-state index contributed by atoms with van der Waals surface area (Å²) in [6, 6.07) is 11.4. The quantitative estimate of drug-likeness (QED) is 0.932. The van der Waals surface area contributed by atoms with Crippen molar-refractivity contribution in [2.75, 3.05) is 0 Å². The number of hydrogen-bond acceptors (Lipinski definition) is 2. The van der Waals surface area contributed by atoms with E-state index in [0.29, 0.717) is 5.69 Å². The van der Waals surface area contributed by atoms with Crippen LogP contribution in [0.1, 0.15) is 41.6 Å². The summed E-state index contributed by atoms with van der Waals surface area (Å²) in [7, 11) is 0. The van der Waals surface area contributed by atoms with E-state index in [4.69, 9.17) is 0 Å². The average Bonchev–Trinajstić information content (AvgIpc) is 2.45. The first-order valence-electron chi connectivity index (χ1n) is 6.97. The van der Waals surface area contributed by atoms with Gasteiger partial charge in [-0.1, -0.05) is 32.0 Å². The Morgan fingerprint density at radius 1 is 1.14 bits per heavy atom. The molecule has 1 heterocycles. The van der Waals surface area contributed by atoms with Crippen LogP contribution in [0.25, 0.3) is 0 Å². The molecule has 0 bridgehead atoms. The van der Waals surface area contributed by atoms with E-state index in [2.05, 4.69) is 10.3 Å². The Morgan fingerprint density at radius 3 is 2.38 bits per heavy atom. The molecule has 1 aromatic carbocycles. The van der Waals surface area contributed by atoms with Gasteiger partial charge in [0.15, 0.2) is 0 Å². The lowest BCUT2D eigenvalue weighted by atomic mass is 9.96. The number of nitrogens with zero attached hydrogens (tertiary/aromatic N) is 1. The van der Waals surface area contributed by atoms with E-state index >= 15 is 0 Å². The van der Waals surface area contributed by atoms with Gasteiger partial charge < -0.3 is 5.32 Å². The van der Waals surface area contributed by atoms with Crippen molar-refractivity contribution in [2.24, 2.45) is 5.92 Å². The Hall–Kier alpha value is -2.23. The first-order chi connectivity index (χ1) is 9.97. The zero-order valence-corrected chi connectivity index (χ0v) is 12.4. The second-order valence-electron chi connectivity index (χ2n) is 5.41. The number of nitrogens with one attached hydrogen (secondary N) is 1. The predicted octanol–water partition coefficient (Wildman–Crippen LogP) is 3.66. The lowest BCUT2D eigenvalue weighted by Crippen LogP contribution is -2.32. The molecule has 2 rings (SSSR count). The van der Waals surface area contributed by atoms with Gasteiger partial charge in [0.05, 0.1) is 6.04 Å². The Bertz CT molecular complexity index is 623. The van der Waals surface area contributed by atoms with Gasteiger partial charge in [0.25, 0.3) is 5.91 Å². The van der Waals surface area contributed by atoms with E-state index in [-0.39, 0.29) is 23.7 Å². The van der Waals surface area contributed by atoms with Crippen molar-refractivity contribution in [3.05, 3.63) is 65.2 Å². The molecule has 0 aliphatic carbocycles. The van der Waals surface area contributed by atoms with Crippen LogP contribution in [0.4, 0.5) is 4.39 Å². The normalized spacial score (nSPS) is 12.2. The second kappa shape index (κ2) is 6.48. The molecule has 1 N–H and O–H groups in total. The minimum absolute atomic E-state index is 0.180. The molecule has 4 heteroatoms. The van der Waals surface area contributed by atoms with Crippen LogP contribution in [0.15, 0.2) is 42.5 Å². The van der Waals surface area contributed by atoms with E-state index in [1.165, 1.54) is 12.1 Å². The second-order valence-corrected chi connectivity index (χ2v) is 5.41. The zero-order valence-electron chi connectivity index (χ0n) is 12.4. The van der Waals surface area contributed by atoms with Crippen molar-refractivity contribution < 1.29 is 9.18 Å². The number of aryl methyl sites for hydroxylation is 1. The number of aromatic nitrogens is 1. The lowest BCUT2D eigenvalue weighted by molar-refractivity contribution is 0.0920. The van der Waals surface area contributed by atoms with Crippen molar-refractivity contribution in [3.8, 4) is 0 Å². The molecule has 1 amide bonds. The summed E-state index contributed by atoms with van der Waals surface area (Å²) in [5.74, 6) is -0.320. The number of pyridine rings is 1. The van der Waals surface area contributed by atoms with E-state index in [0.717, 1.165) is 11.3 Å². The van der Waals surface area contributed by atoms with Crippen molar-refractivity contribution in [3.63, 3.8) is 0 Å². The lowest BCUT2D eigenvalue weighted by Gasteiger charge is -2.22. The van der Waals surface area contributed by atoms with Gasteiger partial charge >= 0.3 is 0 Å². The molecular formula is C17H19FN2O. The maximum atomic E-state index is 13.0. The van der Waals surface area contributed by atoms with Gasteiger partial charge in [-0.05, 0) is 42.7 Å². The summed E-state index contributed by atoms with van der Waals surface area (Å²) >= 11 is 0. The fourth-order valence-electron chi connectivity index (χ4n) is 2.19. The predicted molar refractivity (Wildman–Crippen MR) is 80.4 cm³/mol. The van der Waals surface area contributed by atoms with Gasteiger partial charge in [0.2, 0.25) is 0 Å². The molecule has 21 heavy (non-hydrogen) atoms. The summed E-state index contributed by atoms with van der Waals surface area (Å²) in [6.07, 6.45) is 0. The molecule has 0 saturated carbocycles. The molecule has 0 aliphatic heterocycles. The summed E-state index contributed by atoms with van der Waals surface area (Å²) < 4.78 is 13.0. The van der Waals surface area contributed by atoms with Gasteiger partial charge in [-0.2, -0.15) is 0 Å². The molecule has 0 aliphatic rings. The molecular weight excluding hydrogens is 267 g/mol. The third-order valence-corrected chi connectivity index (χ3v) is 3.30. The van der Waals surface area contributed by atoms with Crippen LogP contribution in [-0.4, -0.2) is 10.9 Å². The number of carbonyl (C=O) groups excluding carboxylic acids is 1. The SMILES string of the molecule is Cc1cccc(C(=O)NC(c2ccc(F)cc2)C(C)C)n1. The van der Waals surface area contributed by atoms with Gasteiger partial charge in [0, 0.05) is 5.69 Å². The van der Waals surface area contributed by atoms with Gasteiger partial charge in [-0.25, -0.2) is 9.37 Å². The number of rotatable bonds is 4. The summed E-state index contributed by atoms with van der Waals surface area (Å²) in [4.78, 5) is 16.5. The molecule has 2 aromatic rings. The summed E-state index contributed by atoms with van der Waals surface area (Å²) in [5, 5.41) is 2.97. The van der Waals surface area contributed by atoms with Crippen LogP contribution in [0.5, 0.6) is 0 Å². The number of hydrogen-bond donors (Lipinski definition) is 1. The first-order valence-corrected chi connectivity index (χ1v) is 6.97. The first kappa shape index (κ1) is 15.2. The highest BCUT2D eigenvalue weighted by Gasteiger charge is 2.19. The van der Waals surface area contributed by atoms with Crippen molar-refractivity contribution in [2.45, 2.75) is 26.8 Å². The van der Waals surface area contributed by atoms with Crippen LogP contribution < -0.4 is 5.32 Å². The van der Waals surface area contributed by atoms with Crippen molar-refractivity contribution >= 4 is 5.91 Å². The molecule has 110 valence electrons. The Balaban J connectivity index is 2.20. The molecule has 3 nitrogen and oxygen atoms in total. The van der Waals surface area contributed by atoms with E-state index < -0.39 is 0 Å². The van der Waals surface area contributed by atoms with Crippen molar-refractivity contribution in [1.29, 1.82) is 0 Å². The fourth-order valence-corrected chi connectivity index (χ4v) is 2.19. The van der Waals surface area contributed by atoms with Crippen LogP contribution in [0.3, 0.4) is 0 Å². The number of benzene rings is 1. The molecule has 0 fully saturated rings. The minimum atomic E-state index is -0.284. The molecule has 0 radical (unpaired) electrons. The van der Waals surface area contributed by atoms with Crippen LogP contribution in [-0.2, 0) is 0 Å². The van der Waals surface area contributed by atoms with Gasteiger partial charge in [-0.3, -0.25) is 4.79 Å². The van der Waals surface area contributed by atoms with Gasteiger partial charge in [0.1, 0.15) is 11.5 Å². The Kier molecular flexibility index (Phi) is 4.68. The van der Waals surface area contributed by atoms with E-state index in [9.17, 15) is 9.18 Å². The molecule has 1 unspecified atom stereocenters. The van der Waals surface area contributed by atoms with Gasteiger partial charge in [-0.15, -0.1) is 0 Å². The van der Waals surface area contributed by atoms with Crippen molar-refractivity contribution in [1.82, 2.24) is 10.3 Å². The molecule has 0 saturated heterocycles. The molecule has 0 spiro atoms. The smallest absolute Gasteiger partial charge is 0.270 e. The number of carbonyl (C=O) groups is 1. The molecule has 1 atom stereocenters. The largest absolute Gasteiger partial charge is 0.344 e. The third-order valence-electron chi connectivity index (χ3n) is 3.30. The Labute approximate surface area is 124 Å². The monoisotopic (exact) mass is 286 g/mol. The number of amides is 1. The standard InChI is InChI=1S/C17H19FN2O/c1-11(2)16(13-7-9-14(18)10-8-13)20-17(21)15-6-4-5-12(3)19-15/h4-11,16H,1-3H3,(H,20,21). The summed E-state index contributed by atoms with van der Waals surface area (Å²) in [5.41, 5.74) is 2.07. The fraction of sp³-hybridized carbons (Fsp3) is 0.294. The highest BCUT2D eigenvalue weighted by atomic mass is 19.1. The van der Waals surface area contributed by atoms with E-state index in [1.54, 1.807) is 24.3 Å².